The van der Waals surface area contributed by atoms with Gasteiger partial charge in [-0.1, -0.05) is 0 Å². The zero-order chi connectivity index (χ0) is 14.0. The lowest BCUT2D eigenvalue weighted by Gasteiger charge is -2.16. The molecule has 1 aromatic rings. The summed E-state index contributed by atoms with van der Waals surface area (Å²) >= 11 is 0. The van der Waals surface area contributed by atoms with Crippen molar-refractivity contribution in [3.8, 4) is 11.5 Å². The number of carbonyl (C=O) groups excluding carboxylic acids is 1. The van der Waals surface area contributed by atoms with E-state index >= 15 is 0 Å². The fourth-order valence-electron chi connectivity index (χ4n) is 1.57. The number of carbonyl (C=O) groups is 1. The monoisotopic (exact) mass is 264 g/mol. The van der Waals surface area contributed by atoms with Crippen molar-refractivity contribution >= 4 is 5.91 Å². The van der Waals surface area contributed by atoms with Crippen molar-refractivity contribution in [2.24, 2.45) is 0 Å². The normalized spacial score (nSPS) is 14.4. The van der Waals surface area contributed by atoms with Gasteiger partial charge in [0, 0.05) is 20.2 Å². The van der Waals surface area contributed by atoms with Crippen molar-refractivity contribution in [1.29, 1.82) is 0 Å². The molecule has 1 fully saturated rings. The molecule has 1 aliphatic carbocycles. The van der Waals surface area contributed by atoms with Gasteiger partial charge in [-0.15, -0.1) is 0 Å². The minimum Gasteiger partial charge on any atom is -0.487 e. The first kappa shape index (κ1) is 13.6. The van der Waals surface area contributed by atoms with Crippen LogP contribution in [0.25, 0.3) is 0 Å². The summed E-state index contributed by atoms with van der Waals surface area (Å²) in [7, 11) is 3.39. The molecular weight excluding hydrogens is 244 g/mol. The van der Waals surface area contributed by atoms with Gasteiger partial charge in [-0.3, -0.25) is 4.79 Å². The zero-order valence-corrected chi connectivity index (χ0v) is 11.8. The number of amides is 1. The predicted molar refractivity (Wildman–Crippen MR) is 71.7 cm³/mol. The van der Waals surface area contributed by atoms with Crippen LogP contribution in [0.2, 0.25) is 0 Å². The molecule has 1 aromatic heterocycles. The zero-order valence-electron chi connectivity index (χ0n) is 11.8. The smallest absolute Gasteiger partial charge is 0.272 e. The molecule has 0 N–H and O–H groups in total. The second-order valence-electron chi connectivity index (χ2n) is 5.20. The maximum atomic E-state index is 11.9. The molecule has 104 valence electrons. The molecule has 0 aliphatic heterocycles. The van der Waals surface area contributed by atoms with Crippen LogP contribution in [0.4, 0.5) is 0 Å². The third kappa shape index (κ3) is 3.59. The molecule has 0 saturated heterocycles. The highest BCUT2D eigenvalue weighted by molar-refractivity contribution is 5.92. The Morgan fingerprint density at radius 2 is 2.05 bits per heavy atom. The molecule has 1 heterocycles. The van der Waals surface area contributed by atoms with E-state index in [9.17, 15) is 4.79 Å². The van der Waals surface area contributed by atoms with Gasteiger partial charge in [0.1, 0.15) is 5.69 Å². The van der Waals surface area contributed by atoms with Gasteiger partial charge < -0.3 is 14.4 Å². The summed E-state index contributed by atoms with van der Waals surface area (Å²) in [5.74, 6) is 1.06. The average Bonchev–Trinajstić information content (AvgIpc) is 3.13. The molecule has 5 heteroatoms. The number of nitrogens with zero attached hydrogens (tertiary/aromatic N) is 2. The summed E-state index contributed by atoms with van der Waals surface area (Å²) in [6, 6.07) is 1.65. The van der Waals surface area contributed by atoms with Crippen LogP contribution in [0, 0.1) is 0 Å². The largest absolute Gasteiger partial charge is 0.487 e. The summed E-state index contributed by atoms with van der Waals surface area (Å²) in [6.07, 6.45) is 4.00. The van der Waals surface area contributed by atoms with Crippen LogP contribution in [0.1, 0.15) is 37.2 Å². The Morgan fingerprint density at radius 1 is 1.37 bits per heavy atom. The Morgan fingerprint density at radius 3 is 2.58 bits per heavy atom. The Bertz CT molecular complexity index is 468. The van der Waals surface area contributed by atoms with Crippen LogP contribution in [0.3, 0.4) is 0 Å². The van der Waals surface area contributed by atoms with Crippen molar-refractivity contribution in [2.75, 3.05) is 14.1 Å². The minimum absolute atomic E-state index is 0.0197. The number of hydrogen-bond donors (Lipinski definition) is 0. The molecule has 19 heavy (non-hydrogen) atoms. The second-order valence-corrected chi connectivity index (χ2v) is 5.20. The van der Waals surface area contributed by atoms with Crippen molar-refractivity contribution < 1.29 is 14.3 Å². The van der Waals surface area contributed by atoms with E-state index in [1.807, 2.05) is 13.8 Å². The molecule has 1 saturated carbocycles. The lowest BCUT2D eigenvalue weighted by molar-refractivity contribution is 0.0821. The fourth-order valence-corrected chi connectivity index (χ4v) is 1.57. The van der Waals surface area contributed by atoms with Crippen LogP contribution >= 0.6 is 0 Å². The van der Waals surface area contributed by atoms with E-state index in [1.54, 1.807) is 26.4 Å². The quantitative estimate of drug-likeness (QED) is 0.817. The van der Waals surface area contributed by atoms with Crippen molar-refractivity contribution in [3.05, 3.63) is 18.0 Å². The number of rotatable bonds is 5. The van der Waals surface area contributed by atoms with Gasteiger partial charge in [-0.25, -0.2) is 4.98 Å². The molecule has 0 atom stereocenters. The molecule has 2 rings (SSSR count). The first-order valence-electron chi connectivity index (χ1n) is 6.52. The van der Waals surface area contributed by atoms with Crippen LogP contribution in [0.5, 0.6) is 11.5 Å². The summed E-state index contributed by atoms with van der Waals surface area (Å²) in [6.45, 7) is 3.88. The molecule has 0 aromatic carbocycles. The summed E-state index contributed by atoms with van der Waals surface area (Å²) < 4.78 is 11.4. The van der Waals surface area contributed by atoms with Crippen molar-refractivity contribution in [1.82, 2.24) is 9.88 Å². The van der Waals surface area contributed by atoms with Crippen LogP contribution in [-0.2, 0) is 0 Å². The van der Waals surface area contributed by atoms with E-state index in [-0.39, 0.29) is 18.1 Å². The van der Waals surface area contributed by atoms with Gasteiger partial charge in [0.2, 0.25) is 0 Å². The Kier molecular flexibility index (Phi) is 3.93. The first-order chi connectivity index (χ1) is 8.97. The highest BCUT2D eigenvalue weighted by Gasteiger charge is 2.26. The number of hydrogen-bond acceptors (Lipinski definition) is 4. The highest BCUT2D eigenvalue weighted by atomic mass is 16.5. The summed E-state index contributed by atoms with van der Waals surface area (Å²) in [5, 5.41) is 0. The average molecular weight is 264 g/mol. The van der Waals surface area contributed by atoms with Gasteiger partial charge in [0.05, 0.1) is 18.4 Å². The topological polar surface area (TPSA) is 51.7 Å². The van der Waals surface area contributed by atoms with Crippen molar-refractivity contribution in [2.45, 2.75) is 38.9 Å². The Hall–Kier alpha value is -1.78. The molecular formula is C14H20N2O3. The number of aromatic nitrogens is 1. The molecule has 0 spiro atoms. The van der Waals surface area contributed by atoms with Gasteiger partial charge in [0.15, 0.2) is 11.5 Å². The maximum absolute atomic E-state index is 11.9. The maximum Gasteiger partial charge on any atom is 0.272 e. The summed E-state index contributed by atoms with van der Waals surface area (Å²) in [5.41, 5.74) is 0.365. The van der Waals surface area contributed by atoms with Gasteiger partial charge in [-0.2, -0.15) is 0 Å². The third-order valence-electron chi connectivity index (χ3n) is 2.64. The van der Waals surface area contributed by atoms with E-state index in [0.717, 1.165) is 12.8 Å². The predicted octanol–water partition coefficient (Wildman–Crippen LogP) is 2.11. The molecule has 0 bridgehead atoms. The van der Waals surface area contributed by atoms with Crippen LogP contribution in [-0.4, -0.2) is 42.1 Å². The van der Waals surface area contributed by atoms with Crippen molar-refractivity contribution in [3.63, 3.8) is 0 Å². The number of pyridine rings is 1. The third-order valence-corrected chi connectivity index (χ3v) is 2.64. The Labute approximate surface area is 113 Å². The van der Waals surface area contributed by atoms with E-state index in [4.69, 9.17) is 9.47 Å². The van der Waals surface area contributed by atoms with E-state index in [0.29, 0.717) is 17.2 Å². The van der Waals surface area contributed by atoms with E-state index in [1.165, 1.54) is 4.90 Å². The second kappa shape index (κ2) is 5.47. The standard InChI is InChI=1S/C14H20N2O3/c1-9(2)18-12-7-11(14(17)16(3)4)15-8-13(12)19-10-5-6-10/h7-10H,5-6H2,1-4H3. The molecule has 0 radical (unpaired) electrons. The SMILES string of the molecule is CC(C)Oc1cc(C(=O)N(C)C)ncc1OC1CC1. The molecule has 1 amide bonds. The first-order valence-corrected chi connectivity index (χ1v) is 6.52. The number of ether oxygens (including phenoxy) is 2. The van der Waals surface area contributed by atoms with E-state index < -0.39 is 0 Å². The van der Waals surface area contributed by atoms with Gasteiger partial charge in [-0.05, 0) is 26.7 Å². The molecule has 5 nitrogen and oxygen atoms in total. The molecule has 0 unspecified atom stereocenters. The lowest BCUT2D eigenvalue weighted by Crippen LogP contribution is -2.23. The summed E-state index contributed by atoms with van der Waals surface area (Å²) in [4.78, 5) is 17.5. The van der Waals surface area contributed by atoms with Crippen LogP contribution < -0.4 is 9.47 Å². The van der Waals surface area contributed by atoms with Crippen LogP contribution in [0.15, 0.2) is 12.3 Å². The van der Waals surface area contributed by atoms with Gasteiger partial charge in [0.25, 0.3) is 5.91 Å². The van der Waals surface area contributed by atoms with Gasteiger partial charge >= 0.3 is 0 Å². The highest BCUT2D eigenvalue weighted by Crippen LogP contribution is 2.34. The Balaban J connectivity index is 2.26. The lowest BCUT2D eigenvalue weighted by atomic mass is 10.3. The molecule has 1 aliphatic rings. The van der Waals surface area contributed by atoms with E-state index in [2.05, 4.69) is 4.98 Å². The fraction of sp³-hybridized carbons (Fsp3) is 0.571. The minimum atomic E-state index is -0.147.